The molecule has 0 saturated heterocycles. The van der Waals surface area contributed by atoms with Gasteiger partial charge in [0.1, 0.15) is 23.2 Å². The lowest BCUT2D eigenvalue weighted by molar-refractivity contribution is 0.244. The number of rotatable bonds is 4. The van der Waals surface area contributed by atoms with Gasteiger partial charge < -0.3 is 0 Å². The minimum Gasteiger partial charge on any atom is -0.0620 e. The van der Waals surface area contributed by atoms with Gasteiger partial charge >= 0.3 is 0 Å². The fourth-order valence-corrected chi connectivity index (χ4v) is 11.4. The van der Waals surface area contributed by atoms with E-state index in [1.807, 2.05) is 0 Å². The molecule has 0 unspecified atom stereocenters. The van der Waals surface area contributed by atoms with Gasteiger partial charge in [-0.05, 0) is 36.4 Å². The third-order valence-corrected chi connectivity index (χ3v) is 11.2. The molecule has 0 aliphatic carbocycles. The minimum absolute atomic E-state index is 0.146. The van der Waals surface area contributed by atoms with Crippen LogP contribution in [0.1, 0.15) is 41.5 Å². The smallest absolute Gasteiger partial charge is 0.0620 e. The summed E-state index contributed by atoms with van der Waals surface area (Å²) < 4.78 is 0. The zero-order valence-corrected chi connectivity index (χ0v) is 19.1. The lowest BCUT2D eigenvalue weighted by Gasteiger charge is -2.47. The summed E-state index contributed by atoms with van der Waals surface area (Å²) >= 11 is 0. The maximum Gasteiger partial charge on any atom is 0.116 e. The largest absolute Gasteiger partial charge is 0.116 e. The Morgan fingerprint density at radius 1 is 0.464 bits per heavy atom. The second-order valence-electron chi connectivity index (χ2n) is 9.86. The number of hydrogen-bond donors (Lipinski definition) is 0. The van der Waals surface area contributed by atoms with Crippen molar-refractivity contribution in [3.63, 3.8) is 0 Å². The minimum atomic E-state index is -1.91. The molecule has 28 heavy (non-hydrogen) atoms. The van der Waals surface area contributed by atoms with Crippen LogP contribution in [0, 0.1) is 10.8 Å². The summed E-state index contributed by atoms with van der Waals surface area (Å²) in [6.45, 7) is 14.5. The van der Waals surface area contributed by atoms with E-state index < -0.39 is 7.26 Å². The van der Waals surface area contributed by atoms with E-state index in [1.165, 1.54) is 15.9 Å². The Kier molecular flexibility index (Phi) is 5.83. The summed E-state index contributed by atoms with van der Waals surface area (Å²) in [5.74, 6) is 0. The molecule has 3 aromatic carbocycles. The molecule has 0 nitrogen and oxygen atoms in total. The Morgan fingerprint density at radius 3 is 0.929 bits per heavy atom. The van der Waals surface area contributed by atoms with Gasteiger partial charge in [-0.15, -0.1) is 0 Å². The summed E-state index contributed by atoms with van der Waals surface area (Å²) in [5, 5.41) is 4.42. The molecule has 0 spiro atoms. The molecule has 0 amide bonds. The standard InChI is InChI=1S/C27H34P/c1-26(2,3)25(27(4,5)6)28(22-16-10-7-11-17-22,23-18-12-8-13-19-23)24-20-14-9-15-21-24/h7-21,25H,1-6H3/q+1. The van der Waals surface area contributed by atoms with Gasteiger partial charge in [-0.3, -0.25) is 0 Å². The molecule has 0 bridgehead atoms. The first-order valence-corrected chi connectivity index (χ1v) is 12.1. The van der Waals surface area contributed by atoms with Crippen LogP contribution < -0.4 is 15.9 Å². The first-order chi connectivity index (χ1) is 13.2. The third-order valence-electron chi connectivity index (χ3n) is 5.52. The lowest BCUT2D eigenvalue weighted by atomic mass is 9.77. The van der Waals surface area contributed by atoms with Crippen molar-refractivity contribution in [2.75, 3.05) is 0 Å². The molecular formula is C27H34P+. The predicted molar refractivity (Wildman–Crippen MR) is 128 cm³/mol. The first kappa shape index (κ1) is 20.8. The van der Waals surface area contributed by atoms with E-state index in [2.05, 4.69) is 133 Å². The van der Waals surface area contributed by atoms with E-state index in [0.717, 1.165) is 0 Å². The molecule has 146 valence electrons. The van der Waals surface area contributed by atoms with Crippen LogP contribution in [0.5, 0.6) is 0 Å². The molecule has 1 heteroatoms. The van der Waals surface area contributed by atoms with Crippen LogP contribution in [0.15, 0.2) is 91.0 Å². The van der Waals surface area contributed by atoms with Crippen LogP contribution in [0.3, 0.4) is 0 Å². The van der Waals surface area contributed by atoms with Crippen LogP contribution in [0.4, 0.5) is 0 Å². The van der Waals surface area contributed by atoms with Crippen LogP contribution in [0.25, 0.3) is 0 Å². The molecule has 0 aliphatic rings. The Hall–Kier alpha value is -1.91. The van der Waals surface area contributed by atoms with Crippen molar-refractivity contribution in [1.29, 1.82) is 0 Å². The second-order valence-corrected chi connectivity index (χ2v) is 13.4. The van der Waals surface area contributed by atoms with Crippen molar-refractivity contribution < 1.29 is 0 Å². The van der Waals surface area contributed by atoms with Gasteiger partial charge in [0.05, 0.1) is 5.66 Å². The molecule has 0 radical (unpaired) electrons. The Morgan fingerprint density at radius 2 is 0.714 bits per heavy atom. The van der Waals surface area contributed by atoms with Crippen LogP contribution in [0.2, 0.25) is 0 Å². The molecule has 0 saturated carbocycles. The van der Waals surface area contributed by atoms with Crippen LogP contribution in [-0.4, -0.2) is 5.66 Å². The first-order valence-electron chi connectivity index (χ1n) is 10.2. The van der Waals surface area contributed by atoms with Crippen molar-refractivity contribution in [2.24, 2.45) is 10.8 Å². The van der Waals surface area contributed by atoms with Crippen molar-refractivity contribution in [3.8, 4) is 0 Å². The highest BCUT2D eigenvalue weighted by Gasteiger charge is 2.60. The summed E-state index contributed by atoms with van der Waals surface area (Å²) in [6, 6.07) is 33.8. The van der Waals surface area contributed by atoms with Gasteiger partial charge in [0.15, 0.2) is 0 Å². The van der Waals surface area contributed by atoms with E-state index in [4.69, 9.17) is 0 Å². The normalized spacial score (nSPS) is 13.0. The number of hydrogen-bond acceptors (Lipinski definition) is 0. The zero-order valence-electron chi connectivity index (χ0n) is 18.2. The summed E-state index contributed by atoms with van der Waals surface area (Å²) in [7, 11) is -1.91. The predicted octanol–water partition coefficient (Wildman–Crippen LogP) is 6.44. The van der Waals surface area contributed by atoms with Crippen molar-refractivity contribution in [3.05, 3.63) is 91.0 Å². The molecule has 0 N–H and O–H groups in total. The molecule has 0 heterocycles. The average molecular weight is 390 g/mol. The SMILES string of the molecule is CC(C)(C)C(C(C)(C)C)[P+](c1ccccc1)(c1ccccc1)c1ccccc1. The monoisotopic (exact) mass is 389 g/mol. The van der Waals surface area contributed by atoms with Crippen molar-refractivity contribution in [1.82, 2.24) is 0 Å². The molecular weight excluding hydrogens is 355 g/mol. The molecule has 0 atom stereocenters. The Bertz CT molecular complexity index is 758. The summed E-state index contributed by atoms with van der Waals surface area (Å²) in [6.07, 6.45) is 0. The maximum absolute atomic E-state index is 2.42. The highest BCUT2D eigenvalue weighted by atomic mass is 31.2. The van der Waals surface area contributed by atoms with E-state index in [-0.39, 0.29) is 10.8 Å². The zero-order chi connectivity index (χ0) is 20.4. The second kappa shape index (κ2) is 7.84. The van der Waals surface area contributed by atoms with E-state index in [0.29, 0.717) is 5.66 Å². The third kappa shape index (κ3) is 3.81. The Balaban J connectivity index is 2.51. The van der Waals surface area contributed by atoms with Gasteiger partial charge in [-0.2, -0.15) is 0 Å². The van der Waals surface area contributed by atoms with Crippen LogP contribution in [-0.2, 0) is 0 Å². The molecule has 3 aromatic rings. The van der Waals surface area contributed by atoms with E-state index in [9.17, 15) is 0 Å². The van der Waals surface area contributed by atoms with Gasteiger partial charge in [0.25, 0.3) is 0 Å². The Labute approximate surface area is 172 Å². The maximum atomic E-state index is 2.42. The topological polar surface area (TPSA) is 0 Å². The molecule has 0 aliphatic heterocycles. The lowest BCUT2D eigenvalue weighted by Crippen LogP contribution is -2.50. The summed E-state index contributed by atoms with van der Waals surface area (Å²) in [5.41, 5.74) is 0.779. The van der Waals surface area contributed by atoms with E-state index >= 15 is 0 Å². The van der Waals surface area contributed by atoms with Crippen LogP contribution >= 0.6 is 7.26 Å². The molecule has 0 fully saturated rings. The number of benzene rings is 3. The molecule has 0 aromatic heterocycles. The van der Waals surface area contributed by atoms with Gasteiger partial charge in [0.2, 0.25) is 0 Å². The highest BCUT2D eigenvalue weighted by Crippen LogP contribution is 2.68. The quantitative estimate of drug-likeness (QED) is 0.450. The van der Waals surface area contributed by atoms with Gasteiger partial charge in [0, 0.05) is 10.8 Å². The van der Waals surface area contributed by atoms with Crippen molar-refractivity contribution in [2.45, 2.75) is 47.2 Å². The fraction of sp³-hybridized carbons (Fsp3) is 0.333. The van der Waals surface area contributed by atoms with Gasteiger partial charge in [-0.1, -0.05) is 96.1 Å². The van der Waals surface area contributed by atoms with Gasteiger partial charge in [-0.25, -0.2) is 0 Å². The molecule has 3 rings (SSSR count). The fourth-order valence-electron chi connectivity index (χ4n) is 5.34. The average Bonchev–Trinajstić information content (AvgIpc) is 2.66. The highest BCUT2D eigenvalue weighted by molar-refractivity contribution is 7.96. The van der Waals surface area contributed by atoms with E-state index in [1.54, 1.807) is 0 Å². The van der Waals surface area contributed by atoms with Crippen molar-refractivity contribution >= 4 is 23.2 Å². The summed E-state index contributed by atoms with van der Waals surface area (Å²) in [4.78, 5) is 0.